The van der Waals surface area contributed by atoms with Crippen molar-refractivity contribution in [2.24, 2.45) is 0 Å². The van der Waals surface area contributed by atoms with Crippen LogP contribution >= 0.6 is 0 Å². The molecule has 9 heteroatoms. The monoisotopic (exact) mass is 565 g/mol. The maximum absolute atomic E-state index is 14.0. The summed E-state index contributed by atoms with van der Waals surface area (Å²) in [4.78, 5) is 28.4. The SMILES string of the molecule is CCCNC(=O)[C@@H](C)N(Cc1ccc(OC)cc1)C(=O)CN(c1ccc(C)c(C)c1)S(=O)(=O)c1ccc(C)cc1. The predicted molar refractivity (Wildman–Crippen MR) is 158 cm³/mol. The normalized spacial score (nSPS) is 11.9. The van der Waals surface area contributed by atoms with Crippen molar-refractivity contribution in [2.75, 3.05) is 24.5 Å². The highest BCUT2D eigenvalue weighted by molar-refractivity contribution is 7.92. The molecule has 0 saturated heterocycles. The zero-order valence-corrected chi connectivity index (χ0v) is 24.9. The molecule has 0 unspecified atom stereocenters. The van der Waals surface area contributed by atoms with E-state index in [9.17, 15) is 18.0 Å². The molecule has 3 rings (SSSR count). The molecule has 8 nitrogen and oxygen atoms in total. The first-order chi connectivity index (χ1) is 19.0. The number of hydrogen-bond donors (Lipinski definition) is 1. The molecule has 40 heavy (non-hydrogen) atoms. The Morgan fingerprint density at radius 3 is 2.15 bits per heavy atom. The van der Waals surface area contributed by atoms with Gasteiger partial charge in [-0.2, -0.15) is 0 Å². The summed E-state index contributed by atoms with van der Waals surface area (Å²) in [7, 11) is -2.53. The van der Waals surface area contributed by atoms with Gasteiger partial charge in [-0.3, -0.25) is 13.9 Å². The number of carbonyl (C=O) groups excluding carboxylic acids is 2. The van der Waals surface area contributed by atoms with Crippen molar-refractivity contribution in [2.45, 2.75) is 58.5 Å². The Kier molecular flexibility index (Phi) is 10.3. The maximum Gasteiger partial charge on any atom is 0.264 e. The van der Waals surface area contributed by atoms with Crippen LogP contribution in [-0.4, -0.2) is 51.4 Å². The van der Waals surface area contributed by atoms with Crippen LogP contribution in [0.15, 0.2) is 71.6 Å². The molecular weight excluding hydrogens is 526 g/mol. The van der Waals surface area contributed by atoms with Crippen molar-refractivity contribution in [3.05, 3.63) is 89.0 Å². The van der Waals surface area contributed by atoms with Crippen LogP contribution < -0.4 is 14.4 Å². The topological polar surface area (TPSA) is 96.0 Å². The zero-order valence-electron chi connectivity index (χ0n) is 24.1. The minimum absolute atomic E-state index is 0.0829. The van der Waals surface area contributed by atoms with Gasteiger partial charge in [0.15, 0.2) is 0 Å². The lowest BCUT2D eigenvalue weighted by Crippen LogP contribution is -2.51. The van der Waals surface area contributed by atoms with Crippen LogP contribution in [0.5, 0.6) is 5.75 Å². The zero-order chi connectivity index (χ0) is 29.4. The van der Waals surface area contributed by atoms with E-state index in [0.29, 0.717) is 18.0 Å². The molecule has 3 aromatic rings. The van der Waals surface area contributed by atoms with E-state index in [4.69, 9.17) is 4.74 Å². The Hall–Kier alpha value is -3.85. The van der Waals surface area contributed by atoms with Gasteiger partial charge < -0.3 is 15.0 Å². The smallest absolute Gasteiger partial charge is 0.264 e. The standard InChI is InChI=1S/C31H39N3O5S/c1-7-18-32-31(36)25(5)33(20-26-11-14-28(39-6)15-12-26)30(35)21-34(27-13-10-23(3)24(4)19-27)40(37,38)29-16-8-22(2)9-17-29/h8-17,19,25H,7,18,20-21H2,1-6H3,(H,32,36)/t25-/m1/s1. The van der Waals surface area contributed by atoms with E-state index in [1.807, 2.05) is 45.9 Å². The summed E-state index contributed by atoms with van der Waals surface area (Å²) in [5, 5.41) is 2.85. The van der Waals surface area contributed by atoms with Crippen LogP contribution in [0.4, 0.5) is 5.69 Å². The number of sulfonamides is 1. The minimum Gasteiger partial charge on any atom is -0.497 e. The predicted octanol–water partition coefficient (Wildman–Crippen LogP) is 4.76. The number of methoxy groups -OCH3 is 1. The van der Waals surface area contributed by atoms with E-state index in [1.165, 1.54) is 4.90 Å². The second kappa shape index (κ2) is 13.5. The van der Waals surface area contributed by atoms with Gasteiger partial charge in [0.1, 0.15) is 18.3 Å². The third-order valence-corrected chi connectivity index (χ3v) is 8.68. The number of ether oxygens (including phenoxy) is 1. The van der Waals surface area contributed by atoms with Crippen molar-refractivity contribution < 1.29 is 22.7 Å². The third kappa shape index (κ3) is 7.41. The number of aryl methyl sites for hydroxylation is 3. The highest BCUT2D eigenvalue weighted by Gasteiger charge is 2.32. The molecule has 1 atom stereocenters. The Bertz CT molecular complexity index is 1420. The fourth-order valence-corrected chi connectivity index (χ4v) is 5.56. The van der Waals surface area contributed by atoms with Crippen molar-refractivity contribution in [3.63, 3.8) is 0 Å². The van der Waals surface area contributed by atoms with Crippen LogP contribution in [0.1, 0.15) is 42.5 Å². The molecule has 0 heterocycles. The van der Waals surface area contributed by atoms with Crippen LogP contribution in [0.3, 0.4) is 0 Å². The number of benzene rings is 3. The Morgan fingerprint density at radius 2 is 1.57 bits per heavy atom. The molecule has 2 amide bonds. The van der Waals surface area contributed by atoms with Crippen LogP contribution in [0.25, 0.3) is 0 Å². The molecule has 214 valence electrons. The molecular formula is C31H39N3O5S. The molecule has 0 radical (unpaired) electrons. The lowest BCUT2D eigenvalue weighted by atomic mass is 10.1. The largest absolute Gasteiger partial charge is 0.497 e. The molecule has 0 aliphatic carbocycles. The van der Waals surface area contributed by atoms with Gasteiger partial charge in [0.2, 0.25) is 11.8 Å². The van der Waals surface area contributed by atoms with Gasteiger partial charge in [-0.25, -0.2) is 8.42 Å². The van der Waals surface area contributed by atoms with Crippen molar-refractivity contribution in [1.82, 2.24) is 10.2 Å². The quantitative estimate of drug-likeness (QED) is 0.342. The number of nitrogens with one attached hydrogen (secondary N) is 1. The average Bonchev–Trinajstić information content (AvgIpc) is 2.94. The molecule has 0 aliphatic heterocycles. The van der Waals surface area contributed by atoms with Gasteiger partial charge in [0.05, 0.1) is 17.7 Å². The van der Waals surface area contributed by atoms with E-state index in [0.717, 1.165) is 33.0 Å². The summed E-state index contributed by atoms with van der Waals surface area (Å²) < 4.78 is 34.2. The lowest BCUT2D eigenvalue weighted by molar-refractivity contribution is -0.139. The maximum atomic E-state index is 14.0. The Morgan fingerprint density at radius 1 is 0.925 bits per heavy atom. The van der Waals surface area contributed by atoms with Crippen molar-refractivity contribution in [3.8, 4) is 5.75 Å². The number of anilines is 1. The van der Waals surface area contributed by atoms with E-state index < -0.39 is 28.5 Å². The van der Waals surface area contributed by atoms with Gasteiger partial charge in [0, 0.05) is 13.1 Å². The van der Waals surface area contributed by atoms with E-state index in [2.05, 4.69) is 5.32 Å². The van der Waals surface area contributed by atoms with Crippen LogP contribution in [0.2, 0.25) is 0 Å². The van der Waals surface area contributed by atoms with Gasteiger partial charge in [-0.1, -0.05) is 42.8 Å². The summed E-state index contributed by atoms with van der Waals surface area (Å²) in [5.74, 6) is -0.132. The summed E-state index contributed by atoms with van der Waals surface area (Å²) in [6.45, 7) is 9.44. The summed E-state index contributed by atoms with van der Waals surface area (Å²) >= 11 is 0. The first-order valence-corrected chi connectivity index (χ1v) is 14.8. The first kappa shape index (κ1) is 30.7. The summed E-state index contributed by atoms with van der Waals surface area (Å²) in [6.07, 6.45) is 0.750. The lowest BCUT2D eigenvalue weighted by Gasteiger charge is -2.32. The molecule has 0 spiro atoms. The second-order valence-corrected chi connectivity index (χ2v) is 11.8. The van der Waals surface area contributed by atoms with Crippen molar-refractivity contribution >= 4 is 27.5 Å². The van der Waals surface area contributed by atoms with Gasteiger partial charge in [0.25, 0.3) is 10.0 Å². The number of amides is 2. The minimum atomic E-state index is -4.10. The fourth-order valence-electron chi connectivity index (χ4n) is 4.15. The second-order valence-electron chi connectivity index (χ2n) is 9.93. The van der Waals surface area contributed by atoms with Gasteiger partial charge >= 0.3 is 0 Å². The van der Waals surface area contributed by atoms with E-state index in [1.54, 1.807) is 62.6 Å². The Balaban J connectivity index is 2.03. The molecule has 0 bridgehead atoms. The number of rotatable bonds is 12. The third-order valence-electron chi connectivity index (χ3n) is 6.89. The first-order valence-electron chi connectivity index (χ1n) is 13.3. The molecule has 0 saturated carbocycles. The van der Waals surface area contributed by atoms with Gasteiger partial charge in [-0.15, -0.1) is 0 Å². The van der Waals surface area contributed by atoms with Gasteiger partial charge in [-0.05, 0) is 87.2 Å². The Labute approximate surface area is 238 Å². The molecule has 1 N–H and O–H groups in total. The van der Waals surface area contributed by atoms with Crippen LogP contribution in [0, 0.1) is 20.8 Å². The highest BCUT2D eigenvalue weighted by atomic mass is 32.2. The molecule has 0 fully saturated rings. The number of hydrogen-bond acceptors (Lipinski definition) is 5. The van der Waals surface area contributed by atoms with E-state index in [-0.39, 0.29) is 17.3 Å². The molecule has 0 aliphatic rings. The summed E-state index contributed by atoms with van der Waals surface area (Å²) in [6, 6.07) is 18.2. The molecule has 0 aromatic heterocycles. The number of nitrogens with zero attached hydrogens (tertiary/aromatic N) is 2. The van der Waals surface area contributed by atoms with Crippen molar-refractivity contribution in [1.29, 1.82) is 0 Å². The van der Waals surface area contributed by atoms with Crippen LogP contribution in [-0.2, 0) is 26.2 Å². The fraction of sp³-hybridized carbons (Fsp3) is 0.355. The summed E-state index contributed by atoms with van der Waals surface area (Å²) in [5.41, 5.74) is 3.99. The molecule has 3 aromatic carbocycles. The van der Waals surface area contributed by atoms with E-state index >= 15 is 0 Å². The average molecular weight is 566 g/mol. The highest BCUT2D eigenvalue weighted by Crippen LogP contribution is 2.27. The number of carbonyl (C=O) groups is 2.